The summed E-state index contributed by atoms with van der Waals surface area (Å²) in [6, 6.07) is 6.68. The van der Waals surface area contributed by atoms with E-state index in [0.717, 1.165) is 24.8 Å². The Labute approximate surface area is 165 Å². The van der Waals surface area contributed by atoms with Crippen molar-refractivity contribution >= 4 is 15.7 Å². The minimum atomic E-state index is -3.44. The van der Waals surface area contributed by atoms with Crippen LogP contribution < -0.4 is 5.32 Å². The molecular formula is C20H25N3O4S. The number of amides is 1. The van der Waals surface area contributed by atoms with Crippen LogP contribution >= 0.6 is 0 Å². The molecule has 0 bridgehead atoms. The van der Waals surface area contributed by atoms with Gasteiger partial charge in [0.2, 0.25) is 0 Å². The summed E-state index contributed by atoms with van der Waals surface area (Å²) in [5, 5.41) is 6.49. The fourth-order valence-corrected chi connectivity index (χ4v) is 4.32. The maximum atomic E-state index is 12.4. The molecule has 0 radical (unpaired) electrons. The lowest BCUT2D eigenvalue weighted by Crippen LogP contribution is -2.25. The largest absolute Gasteiger partial charge is 0.348 e. The molecule has 1 amide bonds. The van der Waals surface area contributed by atoms with Crippen molar-refractivity contribution in [2.45, 2.75) is 50.3 Å². The van der Waals surface area contributed by atoms with Crippen molar-refractivity contribution in [1.82, 2.24) is 15.5 Å². The summed E-state index contributed by atoms with van der Waals surface area (Å²) in [6.07, 6.45) is 7.80. The van der Waals surface area contributed by atoms with E-state index in [-0.39, 0.29) is 28.8 Å². The van der Waals surface area contributed by atoms with Gasteiger partial charge in [0.05, 0.1) is 10.6 Å². The lowest BCUT2D eigenvalue weighted by Gasteiger charge is -2.12. The number of aromatic nitrogens is 2. The third kappa shape index (κ3) is 5.51. The zero-order valence-electron chi connectivity index (χ0n) is 16.0. The Morgan fingerprint density at radius 2 is 1.96 bits per heavy atom. The first-order chi connectivity index (χ1) is 13.4. The summed E-state index contributed by atoms with van der Waals surface area (Å²) < 4.78 is 29.7. The number of nitrogens with zero attached hydrogens (tertiary/aromatic N) is 2. The molecular weight excluding hydrogens is 378 g/mol. The average Bonchev–Trinajstić information content (AvgIpc) is 3.17. The van der Waals surface area contributed by atoms with Gasteiger partial charge in [0.15, 0.2) is 15.7 Å². The molecule has 1 heterocycles. The number of aryl methyl sites for hydroxylation is 2. The second kappa shape index (κ2) is 9.14. The molecule has 0 saturated heterocycles. The molecule has 28 heavy (non-hydrogen) atoms. The van der Waals surface area contributed by atoms with Gasteiger partial charge in [-0.25, -0.2) is 8.42 Å². The first-order valence-corrected chi connectivity index (χ1v) is 11.2. The van der Waals surface area contributed by atoms with Crippen molar-refractivity contribution in [3.8, 4) is 0 Å². The maximum Gasteiger partial charge on any atom is 0.315 e. The van der Waals surface area contributed by atoms with Gasteiger partial charge in [-0.15, -0.1) is 0 Å². The fraction of sp³-hybridized carbons (Fsp3) is 0.450. The number of rotatable bonds is 8. The lowest BCUT2D eigenvalue weighted by atomic mass is 9.97. The van der Waals surface area contributed by atoms with Crippen molar-refractivity contribution in [3.63, 3.8) is 0 Å². The lowest BCUT2D eigenvalue weighted by molar-refractivity contribution is 0.0910. The summed E-state index contributed by atoms with van der Waals surface area (Å²) in [5.74, 6) is -0.516. The molecule has 0 unspecified atom stereocenters. The van der Waals surface area contributed by atoms with Gasteiger partial charge >= 0.3 is 11.8 Å². The number of carbonyl (C=O) groups excluding carboxylic acids is 1. The van der Waals surface area contributed by atoms with Crippen LogP contribution in [0.4, 0.5) is 0 Å². The molecule has 2 aromatic rings. The minimum Gasteiger partial charge on any atom is -0.348 e. The summed E-state index contributed by atoms with van der Waals surface area (Å²) in [4.78, 5) is 16.4. The first-order valence-electron chi connectivity index (χ1n) is 9.52. The highest BCUT2D eigenvalue weighted by Crippen LogP contribution is 2.19. The van der Waals surface area contributed by atoms with Crippen LogP contribution in [0.25, 0.3) is 0 Å². The van der Waals surface area contributed by atoms with Crippen LogP contribution in [-0.2, 0) is 16.3 Å². The van der Waals surface area contributed by atoms with E-state index >= 15 is 0 Å². The highest BCUT2D eigenvalue weighted by atomic mass is 32.2. The Bertz CT molecular complexity index is 946. The van der Waals surface area contributed by atoms with E-state index in [0.29, 0.717) is 6.54 Å². The highest BCUT2D eigenvalue weighted by molar-refractivity contribution is 7.91. The molecule has 7 nitrogen and oxygen atoms in total. The van der Waals surface area contributed by atoms with Crippen LogP contribution in [0.3, 0.4) is 0 Å². The molecule has 1 aliphatic rings. The quantitative estimate of drug-likeness (QED) is 0.680. The van der Waals surface area contributed by atoms with Gasteiger partial charge in [-0.3, -0.25) is 4.79 Å². The SMILES string of the molecule is Cc1ccc(S(=O)(=O)CCc2noc(C(=O)NCCC3=CCCCC3)n2)cc1. The zero-order chi connectivity index (χ0) is 20.0. The monoisotopic (exact) mass is 403 g/mol. The predicted molar refractivity (Wildman–Crippen MR) is 105 cm³/mol. The second-order valence-electron chi connectivity index (χ2n) is 7.01. The number of hydrogen-bond acceptors (Lipinski definition) is 6. The fourth-order valence-electron chi connectivity index (χ4n) is 3.08. The summed E-state index contributed by atoms with van der Waals surface area (Å²) in [7, 11) is -3.44. The van der Waals surface area contributed by atoms with Crippen molar-refractivity contribution in [1.29, 1.82) is 0 Å². The van der Waals surface area contributed by atoms with E-state index in [1.54, 1.807) is 24.3 Å². The van der Waals surface area contributed by atoms with Crippen molar-refractivity contribution in [3.05, 3.63) is 53.2 Å². The normalized spacial score (nSPS) is 14.5. The Morgan fingerprint density at radius 1 is 1.18 bits per heavy atom. The number of sulfone groups is 1. The summed E-state index contributed by atoms with van der Waals surface area (Å²) in [6.45, 7) is 2.42. The second-order valence-corrected chi connectivity index (χ2v) is 9.12. The van der Waals surface area contributed by atoms with Crippen LogP contribution in [0.2, 0.25) is 0 Å². The Kier molecular flexibility index (Phi) is 6.61. The average molecular weight is 404 g/mol. The summed E-state index contributed by atoms with van der Waals surface area (Å²) >= 11 is 0. The van der Waals surface area contributed by atoms with Crippen LogP contribution in [0.15, 0.2) is 45.3 Å². The molecule has 0 aliphatic heterocycles. The molecule has 1 aromatic heterocycles. The van der Waals surface area contributed by atoms with Gasteiger partial charge in [0.1, 0.15) is 0 Å². The molecule has 0 atom stereocenters. The van der Waals surface area contributed by atoms with Gasteiger partial charge in [-0.05, 0) is 51.2 Å². The molecule has 0 saturated carbocycles. The molecule has 150 valence electrons. The Balaban J connectivity index is 1.49. The van der Waals surface area contributed by atoms with Gasteiger partial charge in [-0.2, -0.15) is 4.98 Å². The minimum absolute atomic E-state index is 0.0832. The third-order valence-corrected chi connectivity index (χ3v) is 6.49. The highest BCUT2D eigenvalue weighted by Gasteiger charge is 2.19. The number of allylic oxidation sites excluding steroid dienone is 1. The van der Waals surface area contributed by atoms with Gasteiger partial charge in [0.25, 0.3) is 0 Å². The van der Waals surface area contributed by atoms with Crippen LogP contribution in [0.5, 0.6) is 0 Å². The van der Waals surface area contributed by atoms with Crippen LogP contribution in [0, 0.1) is 6.92 Å². The topological polar surface area (TPSA) is 102 Å². The van der Waals surface area contributed by atoms with E-state index in [1.807, 2.05) is 6.92 Å². The first kappa shape index (κ1) is 20.3. The van der Waals surface area contributed by atoms with Crippen molar-refractivity contribution in [2.75, 3.05) is 12.3 Å². The smallest absolute Gasteiger partial charge is 0.315 e. The molecule has 8 heteroatoms. The molecule has 0 fully saturated rings. The number of benzene rings is 1. The van der Waals surface area contributed by atoms with Crippen molar-refractivity contribution < 1.29 is 17.7 Å². The number of nitrogens with one attached hydrogen (secondary N) is 1. The number of hydrogen-bond donors (Lipinski definition) is 1. The van der Waals surface area contributed by atoms with Gasteiger partial charge in [0, 0.05) is 13.0 Å². The zero-order valence-corrected chi connectivity index (χ0v) is 16.8. The maximum absolute atomic E-state index is 12.4. The Morgan fingerprint density at radius 3 is 2.68 bits per heavy atom. The molecule has 1 aliphatic carbocycles. The predicted octanol–water partition coefficient (Wildman–Crippen LogP) is 3.01. The van der Waals surface area contributed by atoms with E-state index in [1.165, 1.54) is 18.4 Å². The van der Waals surface area contributed by atoms with E-state index in [4.69, 9.17) is 4.52 Å². The van der Waals surface area contributed by atoms with Crippen LogP contribution in [-0.4, -0.2) is 36.8 Å². The third-order valence-electron chi connectivity index (χ3n) is 4.75. The standard InChI is InChI=1S/C20H25N3O4S/c1-15-7-9-17(10-8-15)28(25,26)14-12-18-22-20(27-23-18)19(24)21-13-11-16-5-3-2-4-6-16/h5,7-10H,2-4,6,11-14H2,1H3,(H,21,24). The molecule has 1 N–H and O–H groups in total. The molecule has 0 spiro atoms. The van der Waals surface area contributed by atoms with E-state index in [2.05, 4.69) is 21.5 Å². The summed E-state index contributed by atoms with van der Waals surface area (Å²) in [5.41, 5.74) is 2.37. The van der Waals surface area contributed by atoms with E-state index in [9.17, 15) is 13.2 Å². The van der Waals surface area contributed by atoms with Crippen LogP contribution in [0.1, 0.15) is 54.2 Å². The molecule has 1 aromatic carbocycles. The van der Waals surface area contributed by atoms with Gasteiger partial charge in [-0.1, -0.05) is 34.5 Å². The number of carbonyl (C=O) groups is 1. The van der Waals surface area contributed by atoms with Crippen molar-refractivity contribution in [2.24, 2.45) is 0 Å². The molecule has 3 rings (SSSR count). The van der Waals surface area contributed by atoms with E-state index < -0.39 is 15.7 Å². The van der Waals surface area contributed by atoms with Gasteiger partial charge < -0.3 is 9.84 Å². The Hall–Kier alpha value is -2.48.